The number of likely N-dealkylation sites (tertiary alicyclic amines) is 1. The minimum Gasteiger partial charge on any atom is -0.354 e. The van der Waals surface area contributed by atoms with Crippen LogP contribution >= 0.6 is 0 Å². The summed E-state index contributed by atoms with van der Waals surface area (Å²) >= 11 is 0. The number of aromatic amines is 1. The summed E-state index contributed by atoms with van der Waals surface area (Å²) < 4.78 is 13.1. The molecular weight excluding hydrogens is 319 g/mol. The number of benzene rings is 1. The fraction of sp³-hybridized carbons (Fsp3) is 0.474. The molecular formula is C19H25FN4O. The van der Waals surface area contributed by atoms with Crippen LogP contribution in [0.5, 0.6) is 0 Å². The van der Waals surface area contributed by atoms with Gasteiger partial charge in [-0.05, 0) is 57.1 Å². The van der Waals surface area contributed by atoms with Crippen LogP contribution in [0, 0.1) is 12.7 Å². The molecule has 134 valence electrons. The summed E-state index contributed by atoms with van der Waals surface area (Å²) in [5, 5.41) is 10.3. The lowest BCUT2D eigenvalue weighted by atomic mass is 10.0. The van der Waals surface area contributed by atoms with Gasteiger partial charge in [-0.2, -0.15) is 5.10 Å². The molecule has 1 fully saturated rings. The van der Waals surface area contributed by atoms with Gasteiger partial charge in [0, 0.05) is 29.4 Å². The average Bonchev–Trinajstić information content (AvgIpc) is 3.21. The second-order valence-corrected chi connectivity index (χ2v) is 6.59. The minimum absolute atomic E-state index is 0.00388. The minimum atomic E-state index is -0.285. The lowest BCUT2D eigenvalue weighted by Gasteiger charge is -2.22. The summed E-state index contributed by atoms with van der Waals surface area (Å²) in [5.41, 5.74) is 3.25. The van der Waals surface area contributed by atoms with Gasteiger partial charge in [0.05, 0.1) is 12.1 Å². The number of nitrogens with one attached hydrogen (secondary N) is 2. The summed E-state index contributed by atoms with van der Waals surface area (Å²) in [6.45, 7) is 6.89. The Kier molecular flexibility index (Phi) is 5.48. The molecule has 2 aromatic rings. The highest BCUT2D eigenvalue weighted by Crippen LogP contribution is 2.24. The first kappa shape index (κ1) is 17.6. The summed E-state index contributed by atoms with van der Waals surface area (Å²) in [7, 11) is 0. The van der Waals surface area contributed by atoms with Gasteiger partial charge < -0.3 is 5.32 Å². The highest BCUT2D eigenvalue weighted by molar-refractivity contribution is 5.81. The number of halogens is 1. The van der Waals surface area contributed by atoms with Gasteiger partial charge in [0.2, 0.25) is 5.91 Å². The van der Waals surface area contributed by atoms with Crippen LogP contribution in [-0.2, 0) is 11.2 Å². The molecule has 5 nitrogen and oxygen atoms in total. The van der Waals surface area contributed by atoms with E-state index in [2.05, 4.69) is 27.3 Å². The average molecular weight is 344 g/mol. The molecule has 25 heavy (non-hydrogen) atoms. The van der Waals surface area contributed by atoms with Crippen molar-refractivity contribution in [3.05, 3.63) is 41.3 Å². The first-order valence-electron chi connectivity index (χ1n) is 8.89. The fourth-order valence-electron chi connectivity index (χ4n) is 3.51. The number of nitrogens with zero attached hydrogens (tertiary/aromatic N) is 2. The molecule has 1 unspecified atom stereocenters. The van der Waals surface area contributed by atoms with E-state index in [0.717, 1.165) is 36.3 Å². The van der Waals surface area contributed by atoms with Crippen LogP contribution < -0.4 is 5.32 Å². The van der Waals surface area contributed by atoms with Crippen LogP contribution in [0.1, 0.15) is 31.0 Å². The van der Waals surface area contributed by atoms with Crippen molar-refractivity contribution in [1.29, 1.82) is 0 Å². The molecule has 0 saturated carbocycles. The van der Waals surface area contributed by atoms with Crippen molar-refractivity contribution in [1.82, 2.24) is 20.4 Å². The van der Waals surface area contributed by atoms with Crippen molar-refractivity contribution in [3.8, 4) is 11.3 Å². The third kappa shape index (κ3) is 4.07. The second kappa shape index (κ2) is 7.78. The summed E-state index contributed by atoms with van der Waals surface area (Å²) in [6.07, 6.45) is 2.61. The maximum absolute atomic E-state index is 13.1. The molecule has 0 spiro atoms. The number of rotatable bonds is 6. The number of amides is 1. The van der Waals surface area contributed by atoms with Crippen molar-refractivity contribution in [2.45, 2.75) is 39.2 Å². The lowest BCUT2D eigenvalue weighted by molar-refractivity contribution is -0.120. The van der Waals surface area contributed by atoms with E-state index in [1.165, 1.54) is 18.6 Å². The summed E-state index contributed by atoms with van der Waals surface area (Å²) in [4.78, 5) is 14.8. The van der Waals surface area contributed by atoms with E-state index >= 15 is 0 Å². The Labute approximate surface area is 147 Å². The number of carbonyl (C=O) groups is 1. The van der Waals surface area contributed by atoms with E-state index in [4.69, 9.17) is 0 Å². The van der Waals surface area contributed by atoms with E-state index in [9.17, 15) is 9.18 Å². The van der Waals surface area contributed by atoms with E-state index in [1.54, 1.807) is 12.1 Å². The zero-order valence-corrected chi connectivity index (χ0v) is 14.8. The van der Waals surface area contributed by atoms with Gasteiger partial charge in [0.1, 0.15) is 5.82 Å². The molecule has 1 saturated heterocycles. The molecule has 0 aliphatic carbocycles. The number of aryl methyl sites for hydroxylation is 1. The van der Waals surface area contributed by atoms with Gasteiger partial charge in [-0.15, -0.1) is 0 Å². The number of hydrogen-bond acceptors (Lipinski definition) is 3. The maximum Gasteiger partial charge on any atom is 0.224 e. The SMILES string of the molecule is CCN1CCCC1CNC(=O)Cc1c(-c2ccc(F)cc2)n[nH]c1C. The van der Waals surface area contributed by atoms with Gasteiger partial charge in [0.15, 0.2) is 0 Å². The van der Waals surface area contributed by atoms with Gasteiger partial charge in [0.25, 0.3) is 0 Å². The van der Waals surface area contributed by atoms with Crippen LogP contribution in [0.25, 0.3) is 11.3 Å². The number of H-pyrrole nitrogens is 1. The summed E-state index contributed by atoms with van der Waals surface area (Å²) in [6, 6.07) is 6.62. The lowest BCUT2D eigenvalue weighted by Crippen LogP contribution is -2.40. The van der Waals surface area contributed by atoms with E-state index in [-0.39, 0.29) is 18.1 Å². The molecule has 1 aromatic heterocycles. The van der Waals surface area contributed by atoms with Gasteiger partial charge >= 0.3 is 0 Å². The van der Waals surface area contributed by atoms with Gasteiger partial charge in [-0.1, -0.05) is 6.92 Å². The van der Waals surface area contributed by atoms with E-state index in [1.807, 2.05) is 6.92 Å². The number of likely N-dealkylation sites (N-methyl/N-ethyl adjacent to an activating group) is 1. The molecule has 1 amide bonds. The molecule has 1 atom stereocenters. The highest BCUT2D eigenvalue weighted by atomic mass is 19.1. The number of carbonyl (C=O) groups excluding carboxylic acids is 1. The van der Waals surface area contributed by atoms with Crippen LogP contribution in [0.15, 0.2) is 24.3 Å². The van der Waals surface area contributed by atoms with Crippen molar-refractivity contribution < 1.29 is 9.18 Å². The Bertz CT molecular complexity index is 726. The van der Waals surface area contributed by atoms with Gasteiger partial charge in [-0.3, -0.25) is 14.8 Å². The fourth-order valence-corrected chi connectivity index (χ4v) is 3.51. The third-order valence-electron chi connectivity index (χ3n) is 4.97. The Morgan fingerprint density at radius 3 is 2.88 bits per heavy atom. The molecule has 6 heteroatoms. The Morgan fingerprint density at radius 2 is 2.16 bits per heavy atom. The summed E-state index contributed by atoms with van der Waals surface area (Å²) in [5.74, 6) is -0.289. The number of aromatic nitrogens is 2. The van der Waals surface area contributed by atoms with Crippen molar-refractivity contribution >= 4 is 5.91 Å². The second-order valence-electron chi connectivity index (χ2n) is 6.59. The smallest absolute Gasteiger partial charge is 0.224 e. The first-order valence-corrected chi connectivity index (χ1v) is 8.89. The zero-order chi connectivity index (χ0) is 17.8. The Balaban J connectivity index is 1.65. The molecule has 1 aromatic carbocycles. The standard InChI is InChI=1S/C19H25FN4O/c1-3-24-10-4-5-16(24)12-21-18(25)11-17-13(2)22-23-19(17)14-6-8-15(20)9-7-14/h6-9,16H,3-5,10-12H2,1-2H3,(H,21,25)(H,22,23). The first-order chi connectivity index (χ1) is 12.1. The molecule has 3 rings (SSSR count). The zero-order valence-electron chi connectivity index (χ0n) is 14.8. The van der Waals surface area contributed by atoms with Gasteiger partial charge in [-0.25, -0.2) is 4.39 Å². The molecule has 0 radical (unpaired) electrons. The van der Waals surface area contributed by atoms with Crippen molar-refractivity contribution in [2.75, 3.05) is 19.6 Å². The predicted molar refractivity (Wildman–Crippen MR) is 95.7 cm³/mol. The molecule has 0 bridgehead atoms. The van der Waals surface area contributed by atoms with E-state index in [0.29, 0.717) is 18.3 Å². The molecule has 1 aliphatic rings. The normalized spacial score (nSPS) is 17.8. The third-order valence-corrected chi connectivity index (χ3v) is 4.97. The topological polar surface area (TPSA) is 61.0 Å². The van der Waals surface area contributed by atoms with Crippen molar-refractivity contribution in [3.63, 3.8) is 0 Å². The Hall–Kier alpha value is -2.21. The van der Waals surface area contributed by atoms with E-state index < -0.39 is 0 Å². The molecule has 2 N–H and O–H groups in total. The monoisotopic (exact) mass is 344 g/mol. The highest BCUT2D eigenvalue weighted by Gasteiger charge is 2.23. The molecule has 2 heterocycles. The van der Waals surface area contributed by atoms with Crippen molar-refractivity contribution in [2.24, 2.45) is 0 Å². The van der Waals surface area contributed by atoms with Crippen LogP contribution in [0.2, 0.25) is 0 Å². The number of hydrogen-bond donors (Lipinski definition) is 2. The predicted octanol–water partition coefficient (Wildman–Crippen LogP) is 2.67. The molecule has 1 aliphatic heterocycles. The van der Waals surface area contributed by atoms with Crippen LogP contribution in [-0.4, -0.2) is 46.7 Å². The van der Waals surface area contributed by atoms with Crippen LogP contribution in [0.4, 0.5) is 4.39 Å². The van der Waals surface area contributed by atoms with Crippen LogP contribution in [0.3, 0.4) is 0 Å². The quantitative estimate of drug-likeness (QED) is 0.847. The maximum atomic E-state index is 13.1. The Morgan fingerprint density at radius 1 is 1.40 bits per heavy atom. The largest absolute Gasteiger partial charge is 0.354 e.